The number of aromatic nitrogens is 2. The number of thiocarbonyl (C=S) groups is 1. The second-order valence-corrected chi connectivity index (χ2v) is 7.01. The van der Waals surface area contributed by atoms with Crippen LogP contribution in [0.3, 0.4) is 0 Å². The fourth-order valence-electron chi connectivity index (χ4n) is 2.77. The summed E-state index contributed by atoms with van der Waals surface area (Å²) < 4.78 is 10.9. The molecular weight excluding hydrogens is 424 g/mol. The van der Waals surface area contributed by atoms with E-state index in [4.69, 9.17) is 33.0 Å². The van der Waals surface area contributed by atoms with Gasteiger partial charge in [-0.2, -0.15) is 0 Å². The van der Waals surface area contributed by atoms with Gasteiger partial charge in [0.2, 0.25) is 5.89 Å². The number of methoxy groups -OCH3 is 1. The second-order valence-electron chi connectivity index (χ2n) is 6.19. The number of carbonyl (C=O) groups is 1. The first kappa shape index (κ1) is 19.8. The molecule has 0 aliphatic carbocycles. The summed E-state index contributed by atoms with van der Waals surface area (Å²) in [5, 5.41) is 6.07. The highest BCUT2D eigenvalue weighted by Crippen LogP contribution is 2.26. The van der Waals surface area contributed by atoms with Crippen molar-refractivity contribution in [2.45, 2.75) is 0 Å². The fraction of sp³-hybridized carbons (Fsp3) is 0.0476. The van der Waals surface area contributed by atoms with E-state index in [-0.39, 0.29) is 11.0 Å². The molecular formula is C21H15ClN4O3S. The molecule has 0 radical (unpaired) electrons. The van der Waals surface area contributed by atoms with Crippen LogP contribution in [0.4, 0.5) is 5.69 Å². The van der Waals surface area contributed by atoms with Crippen LogP contribution >= 0.6 is 23.8 Å². The number of hydrogen-bond acceptors (Lipinski definition) is 6. The SMILES string of the molecule is COc1ccc(C(=O)NC(=S)Nc2ccc3oc(-c4ccncc4)nc3c2)cc1Cl. The molecule has 4 aromatic rings. The van der Waals surface area contributed by atoms with Crippen molar-refractivity contribution in [1.82, 2.24) is 15.3 Å². The van der Waals surface area contributed by atoms with Crippen LogP contribution < -0.4 is 15.4 Å². The highest BCUT2D eigenvalue weighted by Gasteiger charge is 2.12. The van der Waals surface area contributed by atoms with E-state index in [9.17, 15) is 4.79 Å². The number of amides is 1. The van der Waals surface area contributed by atoms with Crippen LogP contribution in [-0.2, 0) is 0 Å². The Labute approximate surface area is 182 Å². The van der Waals surface area contributed by atoms with Gasteiger partial charge >= 0.3 is 0 Å². The lowest BCUT2D eigenvalue weighted by atomic mass is 10.2. The molecule has 0 aliphatic rings. The maximum absolute atomic E-state index is 12.4. The molecule has 0 saturated heterocycles. The molecule has 30 heavy (non-hydrogen) atoms. The predicted molar refractivity (Wildman–Crippen MR) is 119 cm³/mol. The van der Waals surface area contributed by atoms with E-state index < -0.39 is 0 Å². The van der Waals surface area contributed by atoms with Gasteiger partial charge in [0.1, 0.15) is 11.3 Å². The third kappa shape index (κ3) is 4.24. The lowest BCUT2D eigenvalue weighted by molar-refractivity contribution is 0.0977. The molecule has 0 bridgehead atoms. The summed E-state index contributed by atoms with van der Waals surface area (Å²) >= 11 is 11.3. The monoisotopic (exact) mass is 438 g/mol. The number of nitrogens with one attached hydrogen (secondary N) is 2. The van der Waals surface area contributed by atoms with Gasteiger partial charge in [-0.05, 0) is 60.7 Å². The molecule has 2 aromatic heterocycles. The Morgan fingerprint density at radius 3 is 2.67 bits per heavy atom. The third-order valence-electron chi connectivity index (χ3n) is 4.21. The number of oxazole rings is 1. The minimum atomic E-state index is -0.389. The molecule has 0 atom stereocenters. The van der Waals surface area contributed by atoms with E-state index in [0.717, 1.165) is 5.56 Å². The zero-order valence-corrected chi connectivity index (χ0v) is 17.3. The summed E-state index contributed by atoms with van der Waals surface area (Å²) in [5.74, 6) is 0.595. The summed E-state index contributed by atoms with van der Waals surface area (Å²) in [5.41, 5.74) is 3.14. The molecule has 2 aromatic carbocycles. The van der Waals surface area contributed by atoms with Gasteiger partial charge in [-0.25, -0.2) is 4.98 Å². The number of anilines is 1. The third-order valence-corrected chi connectivity index (χ3v) is 4.71. The van der Waals surface area contributed by atoms with Gasteiger partial charge in [0.25, 0.3) is 5.91 Å². The molecule has 2 N–H and O–H groups in total. The minimum Gasteiger partial charge on any atom is -0.495 e. The van der Waals surface area contributed by atoms with Crippen molar-refractivity contribution in [3.8, 4) is 17.2 Å². The average Bonchev–Trinajstić information content (AvgIpc) is 3.17. The molecule has 0 saturated carbocycles. The summed E-state index contributed by atoms with van der Waals surface area (Å²) in [4.78, 5) is 20.9. The van der Waals surface area contributed by atoms with Gasteiger partial charge in [0, 0.05) is 29.2 Å². The van der Waals surface area contributed by atoms with Gasteiger partial charge in [-0.1, -0.05) is 11.6 Å². The van der Waals surface area contributed by atoms with E-state index >= 15 is 0 Å². The van der Waals surface area contributed by atoms with Crippen molar-refractivity contribution < 1.29 is 13.9 Å². The number of nitrogens with zero attached hydrogens (tertiary/aromatic N) is 2. The standard InChI is InChI=1S/C21H15ClN4O3S/c1-28-17-4-2-13(10-15(17)22)19(27)26-21(30)24-14-3-5-18-16(11-14)25-20(29-18)12-6-8-23-9-7-12/h2-11H,1H3,(H2,24,26,27,30). The quantitative estimate of drug-likeness (QED) is 0.447. The van der Waals surface area contributed by atoms with Crippen molar-refractivity contribution in [2.75, 3.05) is 12.4 Å². The Kier molecular flexibility index (Phi) is 5.60. The van der Waals surface area contributed by atoms with Crippen molar-refractivity contribution >= 4 is 51.6 Å². The number of fused-ring (bicyclic) bond motifs is 1. The van der Waals surface area contributed by atoms with E-state index in [1.54, 1.807) is 42.7 Å². The summed E-state index contributed by atoms with van der Waals surface area (Å²) in [6, 6.07) is 13.7. The Morgan fingerprint density at radius 2 is 1.93 bits per heavy atom. The molecule has 1 amide bonds. The van der Waals surface area contributed by atoms with Gasteiger partial charge in [0.15, 0.2) is 10.7 Å². The molecule has 0 unspecified atom stereocenters. The molecule has 0 fully saturated rings. The highest BCUT2D eigenvalue weighted by molar-refractivity contribution is 7.80. The molecule has 4 rings (SSSR count). The first-order chi connectivity index (χ1) is 14.5. The van der Waals surface area contributed by atoms with Gasteiger partial charge in [-0.15, -0.1) is 0 Å². The van der Waals surface area contributed by atoms with Gasteiger partial charge < -0.3 is 14.5 Å². The van der Waals surface area contributed by atoms with Crippen LogP contribution in [0, 0.1) is 0 Å². The van der Waals surface area contributed by atoms with Crippen molar-refractivity contribution in [3.05, 3.63) is 71.5 Å². The molecule has 7 nitrogen and oxygen atoms in total. The number of rotatable bonds is 4. The van der Waals surface area contributed by atoms with Crippen molar-refractivity contribution in [3.63, 3.8) is 0 Å². The molecule has 9 heteroatoms. The minimum absolute atomic E-state index is 0.143. The van der Waals surface area contributed by atoms with Crippen LogP contribution in [0.1, 0.15) is 10.4 Å². The number of ether oxygens (including phenoxy) is 1. The first-order valence-corrected chi connectivity index (χ1v) is 9.59. The summed E-state index contributed by atoms with van der Waals surface area (Å²) in [7, 11) is 1.51. The zero-order valence-electron chi connectivity index (χ0n) is 15.7. The predicted octanol–water partition coefficient (Wildman–Crippen LogP) is 4.68. The molecule has 0 spiro atoms. The van der Waals surface area contributed by atoms with Crippen LogP contribution in [0.25, 0.3) is 22.6 Å². The van der Waals surface area contributed by atoms with E-state index in [1.807, 2.05) is 12.1 Å². The first-order valence-electron chi connectivity index (χ1n) is 8.80. The maximum Gasteiger partial charge on any atom is 0.257 e. The lowest BCUT2D eigenvalue weighted by Crippen LogP contribution is -2.34. The van der Waals surface area contributed by atoms with Crippen LogP contribution in [0.15, 0.2) is 65.3 Å². The number of hydrogen-bond donors (Lipinski definition) is 2. The Hall–Kier alpha value is -3.49. The largest absolute Gasteiger partial charge is 0.495 e. The molecule has 150 valence electrons. The Morgan fingerprint density at radius 1 is 1.13 bits per heavy atom. The normalized spacial score (nSPS) is 10.6. The lowest BCUT2D eigenvalue weighted by Gasteiger charge is -2.10. The number of benzene rings is 2. The number of halogens is 1. The second kappa shape index (κ2) is 8.48. The highest BCUT2D eigenvalue weighted by atomic mass is 35.5. The molecule has 0 aliphatic heterocycles. The Balaban J connectivity index is 1.46. The van der Waals surface area contributed by atoms with Crippen LogP contribution in [0.5, 0.6) is 5.75 Å². The summed E-state index contributed by atoms with van der Waals surface area (Å²) in [6.07, 6.45) is 3.35. The van der Waals surface area contributed by atoms with Gasteiger partial charge in [-0.3, -0.25) is 15.1 Å². The maximum atomic E-state index is 12.4. The van der Waals surface area contributed by atoms with Gasteiger partial charge in [0.05, 0.1) is 12.1 Å². The van der Waals surface area contributed by atoms with E-state index in [1.165, 1.54) is 13.2 Å². The van der Waals surface area contributed by atoms with E-state index in [2.05, 4.69) is 20.6 Å². The smallest absolute Gasteiger partial charge is 0.257 e. The summed E-state index contributed by atoms with van der Waals surface area (Å²) in [6.45, 7) is 0. The zero-order chi connectivity index (χ0) is 21.1. The fourth-order valence-corrected chi connectivity index (χ4v) is 3.24. The number of pyridine rings is 1. The average molecular weight is 439 g/mol. The van der Waals surface area contributed by atoms with Crippen LogP contribution in [0.2, 0.25) is 5.02 Å². The van der Waals surface area contributed by atoms with Crippen molar-refractivity contribution in [2.24, 2.45) is 0 Å². The van der Waals surface area contributed by atoms with Crippen molar-refractivity contribution in [1.29, 1.82) is 0 Å². The topological polar surface area (TPSA) is 89.3 Å². The number of carbonyl (C=O) groups excluding carboxylic acids is 1. The van der Waals surface area contributed by atoms with E-state index in [0.29, 0.717) is 39.0 Å². The van der Waals surface area contributed by atoms with Crippen LogP contribution in [-0.4, -0.2) is 28.1 Å². The Bertz CT molecular complexity index is 1240. The molecule has 2 heterocycles.